The van der Waals surface area contributed by atoms with Crippen LogP contribution in [0.15, 0.2) is 39.9 Å². The van der Waals surface area contributed by atoms with Crippen LogP contribution in [0.5, 0.6) is 0 Å². The highest BCUT2D eigenvalue weighted by atomic mass is 32.2. The summed E-state index contributed by atoms with van der Waals surface area (Å²) in [4.78, 5) is 12.2. The molecule has 0 radical (unpaired) electrons. The number of amides is 1. The molecule has 1 heterocycles. The van der Waals surface area contributed by atoms with Gasteiger partial charge in [0.15, 0.2) is 0 Å². The van der Waals surface area contributed by atoms with Gasteiger partial charge in [-0.25, -0.2) is 13.6 Å². The van der Waals surface area contributed by atoms with Gasteiger partial charge in [-0.1, -0.05) is 31.2 Å². The number of sulfonamides is 1. The van der Waals surface area contributed by atoms with Crippen LogP contribution in [0.3, 0.4) is 0 Å². The van der Waals surface area contributed by atoms with Crippen molar-refractivity contribution in [2.45, 2.75) is 30.5 Å². The van der Waals surface area contributed by atoms with Crippen LogP contribution in [0, 0.1) is 0 Å². The number of aryl methyl sites for hydroxylation is 1. The number of carbonyl (C=O) groups excluding carboxylic acids is 1. The fraction of sp³-hybridized carbons (Fsp3) is 0.267. The fourth-order valence-electron chi connectivity index (χ4n) is 1.99. The predicted octanol–water partition coefficient (Wildman–Crippen LogP) is 2.45. The van der Waals surface area contributed by atoms with E-state index in [1.54, 1.807) is 0 Å². The monoisotopic (exact) mass is 338 g/mol. The maximum absolute atomic E-state index is 12.2. The summed E-state index contributed by atoms with van der Waals surface area (Å²) in [6, 6.07) is 9.14. The van der Waals surface area contributed by atoms with Crippen molar-refractivity contribution >= 4 is 27.3 Å². The molecule has 2 aromatic rings. The number of hydrogen-bond acceptors (Lipinski definition) is 4. The van der Waals surface area contributed by atoms with E-state index < -0.39 is 10.0 Å². The van der Waals surface area contributed by atoms with Crippen LogP contribution in [-0.4, -0.2) is 14.3 Å². The number of nitrogens with two attached hydrogens (primary N) is 1. The van der Waals surface area contributed by atoms with E-state index in [2.05, 4.69) is 12.2 Å². The van der Waals surface area contributed by atoms with Gasteiger partial charge in [0.25, 0.3) is 5.91 Å². The van der Waals surface area contributed by atoms with Crippen molar-refractivity contribution in [2.75, 3.05) is 0 Å². The van der Waals surface area contributed by atoms with Crippen molar-refractivity contribution in [2.24, 2.45) is 5.14 Å². The van der Waals surface area contributed by atoms with E-state index >= 15 is 0 Å². The van der Waals surface area contributed by atoms with Gasteiger partial charge in [0.2, 0.25) is 10.0 Å². The second-order valence-corrected chi connectivity index (χ2v) is 7.69. The minimum atomic E-state index is -3.77. The fourth-order valence-corrected chi connectivity index (χ4v) is 3.58. The predicted molar refractivity (Wildman–Crippen MR) is 87.4 cm³/mol. The molecule has 0 spiro atoms. The molecule has 0 bridgehead atoms. The third-order valence-corrected chi connectivity index (χ3v) is 5.74. The van der Waals surface area contributed by atoms with Crippen molar-refractivity contribution in [3.63, 3.8) is 0 Å². The first kappa shape index (κ1) is 16.7. The summed E-state index contributed by atoms with van der Waals surface area (Å²) >= 11 is 0.939. The summed E-state index contributed by atoms with van der Waals surface area (Å²) in [5.41, 5.74) is 2.52. The van der Waals surface area contributed by atoms with Crippen molar-refractivity contribution in [1.29, 1.82) is 0 Å². The lowest BCUT2D eigenvalue weighted by Crippen LogP contribution is -2.26. The van der Waals surface area contributed by atoms with Gasteiger partial charge in [-0.3, -0.25) is 4.79 Å². The maximum Gasteiger partial charge on any atom is 0.252 e. The molecule has 2 rings (SSSR count). The summed E-state index contributed by atoms with van der Waals surface area (Å²) in [5.74, 6) is -0.321. The molecule has 1 aromatic carbocycles. The zero-order valence-electron chi connectivity index (χ0n) is 12.4. The average Bonchev–Trinajstić information content (AvgIpc) is 2.97. The van der Waals surface area contributed by atoms with Crippen LogP contribution >= 0.6 is 11.3 Å². The molecule has 0 aliphatic heterocycles. The van der Waals surface area contributed by atoms with Crippen LogP contribution in [-0.2, 0) is 16.4 Å². The van der Waals surface area contributed by atoms with Gasteiger partial charge in [-0.05, 0) is 30.5 Å². The zero-order chi connectivity index (χ0) is 16.3. The molecule has 0 aliphatic rings. The van der Waals surface area contributed by atoms with Gasteiger partial charge >= 0.3 is 0 Å². The molecule has 1 unspecified atom stereocenters. The number of rotatable bonds is 5. The first-order chi connectivity index (χ1) is 10.3. The Bertz CT molecular complexity index is 764. The van der Waals surface area contributed by atoms with E-state index in [-0.39, 0.29) is 16.2 Å². The van der Waals surface area contributed by atoms with Crippen LogP contribution in [0.25, 0.3) is 0 Å². The average molecular weight is 338 g/mol. The molecule has 5 nitrogen and oxygen atoms in total. The molecule has 1 atom stereocenters. The van der Waals surface area contributed by atoms with Gasteiger partial charge in [0, 0.05) is 5.38 Å². The van der Waals surface area contributed by atoms with E-state index in [1.807, 2.05) is 31.2 Å². The normalized spacial score (nSPS) is 12.9. The smallest absolute Gasteiger partial charge is 0.252 e. The summed E-state index contributed by atoms with van der Waals surface area (Å²) in [6.07, 6.45) is 0.965. The largest absolute Gasteiger partial charge is 0.345 e. The first-order valence-corrected chi connectivity index (χ1v) is 9.25. The van der Waals surface area contributed by atoms with Gasteiger partial charge < -0.3 is 5.32 Å². The molecule has 118 valence electrons. The topological polar surface area (TPSA) is 89.3 Å². The van der Waals surface area contributed by atoms with Gasteiger partial charge in [-0.2, -0.15) is 0 Å². The molecule has 3 N–H and O–H groups in total. The first-order valence-electron chi connectivity index (χ1n) is 6.82. The molecule has 1 amide bonds. The standard InChI is InChI=1S/C15H18N2O3S2/c1-3-11-4-6-12(7-5-11)10(2)17-15(18)13-8-14(21-9-13)22(16,19)20/h4-10H,3H2,1-2H3,(H,17,18)(H2,16,19,20). The van der Waals surface area contributed by atoms with Gasteiger partial charge in [0.1, 0.15) is 4.21 Å². The van der Waals surface area contributed by atoms with Crippen molar-refractivity contribution in [1.82, 2.24) is 5.32 Å². The van der Waals surface area contributed by atoms with Crippen LogP contribution in [0.1, 0.15) is 41.4 Å². The van der Waals surface area contributed by atoms with Crippen LogP contribution in [0.2, 0.25) is 0 Å². The Hall–Kier alpha value is -1.70. The molecule has 1 aromatic heterocycles. The Morgan fingerprint density at radius 2 is 1.95 bits per heavy atom. The van der Waals surface area contributed by atoms with Crippen molar-refractivity contribution < 1.29 is 13.2 Å². The third-order valence-electron chi connectivity index (χ3n) is 3.35. The van der Waals surface area contributed by atoms with Gasteiger partial charge in [0.05, 0.1) is 11.6 Å². The highest BCUT2D eigenvalue weighted by Crippen LogP contribution is 2.20. The third kappa shape index (κ3) is 3.94. The minimum Gasteiger partial charge on any atom is -0.345 e. The Morgan fingerprint density at radius 3 is 2.45 bits per heavy atom. The molecule has 0 aliphatic carbocycles. The Labute approximate surface area is 134 Å². The SMILES string of the molecule is CCc1ccc(C(C)NC(=O)c2csc(S(N)(=O)=O)c2)cc1. The molecule has 7 heteroatoms. The van der Waals surface area contributed by atoms with Crippen molar-refractivity contribution in [3.05, 3.63) is 52.4 Å². The quantitative estimate of drug-likeness (QED) is 0.877. The number of benzene rings is 1. The molecular formula is C15H18N2O3S2. The lowest BCUT2D eigenvalue weighted by atomic mass is 10.0. The summed E-state index contributed by atoms with van der Waals surface area (Å²) in [6.45, 7) is 3.96. The van der Waals surface area contributed by atoms with E-state index in [9.17, 15) is 13.2 Å². The lowest BCUT2D eigenvalue weighted by molar-refractivity contribution is 0.0940. The Balaban J connectivity index is 2.09. The molecule has 0 saturated heterocycles. The zero-order valence-corrected chi connectivity index (χ0v) is 14.0. The number of carbonyl (C=O) groups is 1. The van der Waals surface area contributed by atoms with E-state index in [0.717, 1.165) is 23.3 Å². The van der Waals surface area contributed by atoms with Crippen LogP contribution in [0.4, 0.5) is 0 Å². The Kier molecular flexibility index (Phi) is 5.00. The summed E-state index contributed by atoms with van der Waals surface area (Å²) in [7, 11) is -3.77. The van der Waals surface area contributed by atoms with Crippen molar-refractivity contribution in [3.8, 4) is 0 Å². The number of nitrogens with one attached hydrogen (secondary N) is 1. The van der Waals surface area contributed by atoms with Crippen LogP contribution < -0.4 is 10.5 Å². The van der Waals surface area contributed by atoms with E-state index in [0.29, 0.717) is 5.56 Å². The molecule has 0 saturated carbocycles. The summed E-state index contributed by atoms with van der Waals surface area (Å²) in [5, 5.41) is 9.38. The van der Waals surface area contributed by atoms with Gasteiger partial charge in [-0.15, -0.1) is 11.3 Å². The molecule has 0 fully saturated rings. The summed E-state index contributed by atoms with van der Waals surface area (Å²) < 4.78 is 22.4. The molecule has 22 heavy (non-hydrogen) atoms. The maximum atomic E-state index is 12.2. The lowest BCUT2D eigenvalue weighted by Gasteiger charge is -2.14. The minimum absolute atomic E-state index is 0.0161. The number of hydrogen-bond donors (Lipinski definition) is 2. The molecular weight excluding hydrogens is 320 g/mol. The van der Waals surface area contributed by atoms with E-state index in [4.69, 9.17) is 5.14 Å². The number of primary sulfonamides is 1. The highest BCUT2D eigenvalue weighted by Gasteiger charge is 2.17. The Morgan fingerprint density at radius 1 is 1.32 bits per heavy atom. The second kappa shape index (κ2) is 6.60. The highest BCUT2D eigenvalue weighted by molar-refractivity contribution is 7.91. The van der Waals surface area contributed by atoms with E-state index in [1.165, 1.54) is 17.0 Å². The second-order valence-electron chi connectivity index (χ2n) is 4.99. The number of thiophene rings is 1.